The van der Waals surface area contributed by atoms with Crippen molar-refractivity contribution >= 4 is 5.91 Å². The van der Waals surface area contributed by atoms with E-state index in [1.165, 1.54) is 0 Å². The Morgan fingerprint density at radius 3 is 2.79 bits per heavy atom. The first kappa shape index (κ1) is 14.8. The summed E-state index contributed by atoms with van der Waals surface area (Å²) in [6.07, 6.45) is 2.03. The summed E-state index contributed by atoms with van der Waals surface area (Å²) in [7, 11) is 3.67. The quantitative estimate of drug-likeness (QED) is 0.783. The highest BCUT2D eigenvalue weighted by Crippen LogP contribution is 2.29. The van der Waals surface area contributed by atoms with E-state index in [9.17, 15) is 4.79 Å². The molecule has 0 aromatic heterocycles. The molecule has 2 atom stereocenters. The standard InChI is InChI=1S/C14H27N3O2/c1-14(2)9-11(5-8-19-14)17-7-6-15-10-12(17)13(18)16(3)4/h11-12,15H,5-10H2,1-4H3. The van der Waals surface area contributed by atoms with Gasteiger partial charge in [-0.15, -0.1) is 0 Å². The number of hydrogen-bond donors (Lipinski definition) is 1. The van der Waals surface area contributed by atoms with Gasteiger partial charge >= 0.3 is 0 Å². The topological polar surface area (TPSA) is 44.8 Å². The number of ether oxygens (including phenoxy) is 1. The average molecular weight is 269 g/mol. The van der Waals surface area contributed by atoms with Crippen LogP contribution in [0.15, 0.2) is 0 Å². The molecular weight excluding hydrogens is 242 g/mol. The number of carbonyl (C=O) groups is 1. The smallest absolute Gasteiger partial charge is 0.240 e. The molecule has 0 saturated carbocycles. The Balaban J connectivity index is 2.08. The molecule has 0 radical (unpaired) electrons. The molecule has 1 N–H and O–H groups in total. The zero-order chi connectivity index (χ0) is 14.0. The van der Waals surface area contributed by atoms with E-state index in [-0.39, 0.29) is 17.6 Å². The van der Waals surface area contributed by atoms with E-state index in [1.807, 2.05) is 14.1 Å². The van der Waals surface area contributed by atoms with Crippen molar-refractivity contribution in [2.45, 2.75) is 44.4 Å². The SMILES string of the molecule is CN(C)C(=O)C1CNCCN1C1CCOC(C)(C)C1. The van der Waals surface area contributed by atoms with Crippen LogP contribution in [0.3, 0.4) is 0 Å². The summed E-state index contributed by atoms with van der Waals surface area (Å²) in [5.41, 5.74) is -0.0699. The van der Waals surface area contributed by atoms with Gasteiger partial charge < -0.3 is 15.0 Å². The summed E-state index contributed by atoms with van der Waals surface area (Å²) in [6.45, 7) is 7.76. The number of piperazine rings is 1. The van der Waals surface area contributed by atoms with Gasteiger partial charge in [-0.05, 0) is 26.7 Å². The number of rotatable bonds is 2. The summed E-state index contributed by atoms with van der Waals surface area (Å²) in [5, 5.41) is 3.34. The molecule has 2 unspecified atom stereocenters. The summed E-state index contributed by atoms with van der Waals surface area (Å²) < 4.78 is 5.79. The lowest BCUT2D eigenvalue weighted by Gasteiger charge is -2.46. The molecule has 2 saturated heterocycles. The fourth-order valence-electron chi connectivity index (χ4n) is 3.17. The van der Waals surface area contributed by atoms with Crippen LogP contribution in [0.25, 0.3) is 0 Å². The van der Waals surface area contributed by atoms with Crippen molar-refractivity contribution in [3.05, 3.63) is 0 Å². The molecule has 5 nitrogen and oxygen atoms in total. The Hall–Kier alpha value is -0.650. The summed E-state index contributed by atoms with van der Waals surface area (Å²) in [5.74, 6) is 0.205. The van der Waals surface area contributed by atoms with Crippen LogP contribution in [-0.4, -0.2) is 73.7 Å². The lowest BCUT2D eigenvalue weighted by Crippen LogP contribution is -2.62. The first-order valence-corrected chi connectivity index (χ1v) is 7.22. The van der Waals surface area contributed by atoms with Crippen LogP contribution in [0.5, 0.6) is 0 Å². The zero-order valence-corrected chi connectivity index (χ0v) is 12.6. The van der Waals surface area contributed by atoms with Crippen LogP contribution in [0.1, 0.15) is 26.7 Å². The molecule has 0 aromatic rings. The third-order valence-electron chi connectivity index (χ3n) is 4.15. The number of hydrogen-bond acceptors (Lipinski definition) is 4. The average Bonchev–Trinajstić information content (AvgIpc) is 2.36. The third kappa shape index (κ3) is 3.46. The van der Waals surface area contributed by atoms with E-state index in [2.05, 4.69) is 24.1 Å². The molecule has 2 fully saturated rings. The van der Waals surface area contributed by atoms with E-state index in [1.54, 1.807) is 4.90 Å². The fraction of sp³-hybridized carbons (Fsp3) is 0.929. The van der Waals surface area contributed by atoms with Gasteiger partial charge in [0.15, 0.2) is 0 Å². The van der Waals surface area contributed by atoms with Crippen molar-refractivity contribution in [2.24, 2.45) is 0 Å². The predicted octanol–water partition coefficient (Wildman–Crippen LogP) is 0.306. The van der Waals surface area contributed by atoms with Crippen LogP contribution in [0.4, 0.5) is 0 Å². The van der Waals surface area contributed by atoms with Crippen LogP contribution in [-0.2, 0) is 9.53 Å². The molecule has 0 aliphatic carbocycles. The van der Waals surface area contributed by atoms with E-state index in [4.69, 9.17) is 4.74 Å². The van der Waals surface area contributed by atoms with Gasteiger partial charge in [-0.2, -0.15) is 0 Å². The summed E-state index contributed by atoms with van der Waals surface area (Å²) in [4.78, 5) is 16.4. The lowest BCUT2D eigenvalue weighted by molar-refractivity contribution is -0.140. The van der Waals surface area contributed by atoms with Gasteiger partial charge in [0.1, 0.15) is 6.04 Å². The molecule has 0 spiro atoms. The maximum atomic E-state index is 12.3. The van der Waals surface area contributed by atoms with Crippen molar-refractivity contribution in [3.63, 3.8) is 0 Å². The van der Waals surface area contributed by atoms with Gasteiger partial charge in [0.2, 0.25) is 5.91 Å². The molecule has 110 valence electrons. The zero-order valence-electron chi connectivity index (χ0n) is 12.6. The largest absolute Gasteiger partial charge is 0.375 e. The molecule has 1 amide bonds. The number of amides is 1. The summed E-state index contributed by atoms with van der Waals surface area (Å²) >= 11 is 0. The molecule has 5 heteroatoms. The van der Waals surface area contributed by atoms with Gasteiger partial charge in [-0.1, -0.05) is 0 Å². The maximum Gasteiger partial charge on any atom is 0.240 e. The number of nitrogens with one attached hydrogen (secondary N) is 1. The number of carbonyl (C=O) groups excluding carboxylic acids is 1. The lowest BCUT2D eigenvalue weighted by atomic mass is 9.91. The van der Waals surface area contributed by atoms with Gasteiger partial charge in [-0.25, -0.2) is 0 Å². The van der Waals surface area contributed by atoms with Crippen molar-refractivity contribution in [2.75, 3.05) is 40.3 Å². The monoisotopic (exact) mass is 269 g/mol. The van der Waals surface area contributed by atoms with E-state index in [0.717, 1.165) is 39.1 Å². The minimum absolute atomic E-state index is 0.0253. The maximum absolute atomic E-state index is 12.3. The van der Waals surface area contributed by atoms with Crippen molar-refractivity contribution in [3.8, 4) is 0 Å². The van der Waals surface area contributed by atoms with Crippen molar-refractivity contribution < 1.29 is 9.53 Å². The van der Waals surface area contributed by atoms with Crippen LogP contribution in [0, 0.1) is 0 Å². The molecule has 19 heavy (non-hydrogen) atoms. The van der Waals surface area contributed by atoms with Crippen LogP contribution >= 0.6 is 0 Å². The second kappa shape index (κ2) is 5.77. The van der Waals surface area contributed by atoms with Gasteiger partial charge in [0.05, 0.1) is 5.60 Å². The summed E-state index contributed by atoms with van der Waals surface area (Å²) in [6, 6.07) is 0.433. The molecule has 2 heterocycles. The Bertz CT molecular complexity index is 331. The van der Waals surface area contributed by atoms with E-state index in [0.29, 0.717) is 6.04 Å². The fourth-order valence-corrected chi connectivity index (χ4v) is 3.17. The molecule has 2 aliphatic rings. The second-order valence-electron chi connectivity index (χ2n) is 6.45. The number of likely N-dealkylation sites (N-methyl/N-ethyl adjacent to an activating group) is 1. The molecule has 0 aromatic carbocycles. The molecule has 0 bridgehead atoms. The Kier molecular flexibility index (Phi) is 4.48. The first-order chi connectivity index (χ1) is 8.91. The van der Waals surface area contributed by atoms with Crippen molar-refractivity contribution in [1.82, 2.24) is 15.1 Å². The van der Waals surface area contributed by atoms with Crippen molar-refractivity contribution in [1.29, 1.82) is 0 Å². The highest BCUT2D eigenvalue weighted by molar-refractivity contribution is 5.81. The van der Waals surface area contributed by atoms with Gasteiger partial charge in [-0.3, -0.25) is 9.69 Å². The highest BCUT2D eigenvalue weighted by Gasteiger charge is 2.38. The van der Waals surface area contributed by atoms with Gasteiger partial charge in [0, 0.05) is 46.4 Å². The first-order valence-electron chi connectivity index (χ1n) is 7.22. The normalized spacial score (nSPS) is 32.0. The second-order valence-corrected chi connectivity index (χ2v) is 6.45. The predicted molar refractivity (Wildman–Crippen MR) is 75.1 cm³/mol. The van der Waals surface area contributed by atoms with Crippen LogP contribution < -0.4 is 5.32 Å². The Labute approximate surface area is 116 Å². The highest BCUT2D eigenvalue weighted by atomic mass is 16.5. The Morgan fingerprint density at radius 2 is 2.16 bits per heavy atom. The minimum Gasteiger partial charge on any atom is -0.375 e. The Morgan fingerprint density at radius 1 is 1.42 bits per heavy atom. The van der Waals surface area contributed by atoms with E-state index >= 15 is 0 Å². The van der Waals surface area contributed by atoms with Crippen LogP contribution in [0.2, 0.25) is 0 Å². The molecule has 2 aliphatic heterocycles. The van der Waals surface area contributed by atoms with Gasteiger partial charge in [0.25, 0.3) is 0 Å². The van der Waals surface area contributed by atoms with E-state index < -0.39 is 0 Å². The number of nitrogens with zero attached hydrogens (tertiary/aromatic N) is 2. The molecular formula is C14H27N3O2. The third-order valence-corrected chi connectivity index (χ3v) is 4.15. The molecule has 2 rings (SSSR count). The minimum atomic E-state index is -0.0699.